The Morgan fingerprint density at radius 2 is 1.68 bits per heavy atom. The Labute approximate surface area is 125 Å². The fourth-order valence-electron chi connectivity index (χ4n) is 1.51. The monoisotopic (exact) mass is 389 g/mol. The summed E-state index contributed by atoms with van der Waals surface area (Å²) in [6.07, 6.45) is 0. The van der Waals surface area contributed by atoms with Gasteiger partial charge >= 0.3 is 0 Å². The summed E-state index contributed by atoms with van der Waals surface area (Å²) >= 11 is 2.20. The number of nitrogens with two attached hydrogens (primary N) is 2. The Hall–Kier alpha value is -1.32. The van der Waals surface area contributed by atoms with Gasteiger partial charge < -0.3 is 11.1 Å². The van der Waals surface area contributed by atoms with Gasteiger partial charge in [-0.1, -0.05) is 0 Å². The summed E-state index contributed by atoms with van der Waals surface area (Å²) in [5, 5.41) is 8.16. The molecule has 0 saturated carbocycles. The fourth-order valence-corrected chi connectivity index (χ4v) is 2.41. The molecule has 0 aliphatic heterocycles. The lowest BCUT2D eigenvalue weighted by Crippen LogP contribution is -2.12. The van der Waals surface area contributed by atoms with Gasteiger partial charge in [-0.15, -0.1) is 0 Å². The molecule has 5 N–H and O–H groups in total. The molecule has 0 aliphatic rings. The molecule has 0 spiro atoms. The van der Waals surface area contributed by atoms with Crippen LogP contribution in [0.5, 0.6) is 0 Å². The van der Waals surface area contributed by atoms with Crippen molar-refractivity contribution in [2.75, 3.05) is 11.1 Å². The van der Waals surface area contributed by atoms with Gasteiger partial charge in [-0.2, -0.15) is 0 Å². The molecule has 2 aromatic carbocycles. The Morgan fingerprint density at radius 3 is 2.26 bits per heavy atom. The molecule has 19 heavy (non-hydrogen) atoms. The first-order chi connectivity index (χ1) is 8.86. The topological polar surface area (TPSA) is 98.2 Å². The second kappa shape index (κ2) is 5.35. The minimum Gasteiger partial charge on any atom is -0.397 e. The first-order valence-electron chi connectivity index (χ1n) is 5.31. The lowest BCUT2D eigenvalue weighted by Gasteiger charge is -2.10. The van der Waals surface area contributed by atoms with E-state index in [0.29, 0.717) is 11.4 Å². The van der Waals surface area contributed by atoms with Gasteiger partial charge in [0.25, 0.3) is 0 Å². The van der Waals surface area contributed by atoms with Crippen LogP contribution in [0.15, 0.2) is 47.4 Å². The maximum Gasteiger partial charge on any atom is 0.238 e. The van der Waals surface area contributed by atoms with Gasteiger partial charge in [0.1, 0.15) is 0 Å². The average Bonchev–Trinajstić information content (AvgIpc) is 2.33. The number of nitrogen functional groups attached to an aromatic ring is 1. The normalized spacial score (nSPS) is 11.3. The molecule has 0 saturated heterocycles. The number of hydrogen-bond donors (Lipinski definition) is 3. The molecule has 0 amide bonds. The average molecular weight is 389 g/mol. The van der Waals surface area contributed by atoms with Crippen LogP contribution in [-0.4, -0.2) is 8.42 Å². The Kier molecular flexibility index (Phi) is 3.97. The third-order valence-corrected chi connectivity index (χ3v) is 4.11. The molecular weight excluding hydrogens is 377 g/mol. The van der Waals surface area contributed by atoms with Crippen LogP contribution in [0.3, 0.4) is 0 Å². The van der Waals surface area contributed by atoms with E-state index in [9.17, 15) is 8.42 Å². The smallest absolute Gasteiger partial charge is 0.238 e. The third-order valence-electron chi connectivity index (χ3n) is 2.48. The summed E-state index contributed by atoms with van der Waals surface area (Å²) in [5.74, 6) is 0. The van der Waals surface area contributed by atoms with Gasteiger partial charge in [0.15, 0.2) is 0 Å². The highest BCUT2D eigenvalue weighted by molar-refractivity contribution is 14.1. The van der Waals surface area contributed by atoms with Crippen LogP contribution in [-0.2, 0) is 10.0 Å². The first-order valence-corrected chi connectivity index (χ1v) is 7.94. The molecule has 7 heteroatoms. The van der Waals surface area contributed by atoms with Crippen molar-refractivity contribution < 1.29 is 8.42 Å². The zero-order valence-electron chi connectivity index (χ0n) is 9.80. The molecule has 0 aliphatic carbocycles. The number of primary sulfonamides is 1. The van der Waals surface area contributed by atoms with Crippen molar-refractivity contribution in [2.24, 2.45) is 5.14 Å². The van der Waals surface area contributed by atoms with E-state index in [0.717, 1.165) is 9.26 Å². The second-order valence-electron chi connectivity index (χ2n) is 3.93. The summed E-state index contributed by atoms with van der Waals surface area (Å²) in [6, 6.07) is 11.9. The molecule has 0 heterocycles. The molecule has 0 radical (unpaired) electrons. The summed E-state index contributed by atoms with van der Waals surface area (Å²) in [4.78, 5) is 0.0229. The maximum atomic E-state index is 11.3. The molecular formula is C12H12IN3O2S. The van der Waals surface area contributed by atoms with E-state index in [-0.39, 0.29) is 4.90 Å². The van der Waals surface area contributed by atoms with Crippen molar-refractivity contribution in [3.8, 4) is 0 Å². The SMILES string of the molecule is Nc1ccc(S(N)(=O)=O)cc1Nc1ccc(I)cc1. The zero-order valence-corrected chi connectivity index (χ0v) is 12.8. The molecule has 2 rings (SSSR count). The maximum absolute atomic E-state index is 11.3. The zero-order chi connectivity index (χ0) is 14.0. The number of hydrogen-bond acceptors (Lipinski definition) is 4. The van der Waals surface area contributed by atoms with Gasteiger partial charge in [-0.25, -0.2) is 13.6 Å². The largest absolute Gasteiger partial charge is 0.397 e. The standard InChI is InChI=1S/C12H12IN3O2S/c13-8-1-3-9(4-2-8)16-12-7-10(19(15,17)18)5-6-11(12)14/h1-7,16H,14H2,(H2,15,17,18). The fraction of sp³-hybridized carbons (Fsp3) is 0. The van der Waals surface area contributed by atoms with Crippen LogP contribution >= 0.6 is 22.6 Å². The molecule has 0 aromatic heterocycles. The predicted octanol–water partition coefficient (Wildman–Crippen LogP) is 2.26. The van der Waals surface area contributed by atoms with Gasteiger partial charge in [-0.3, -0.25) is 0 Å². The molecule has 5 nitrogen and oxygen atoms in total. The van der Waals surface area contributed by atoms with E-state index in [1.54, 1.807) is 0 Å². The summed E-state index contributed by atoms with van der Waals surface area (Å²) in [5.41, 5.74) is 7.59. The van der Waals surface area contributed by atoms with Crippen LogP contribution in [0.1, 0.15) is 0 Å². The van der Waals surface area contributed by atoms with E-state index in [4.69, 9.17) is 10.9 Å². The van der Waals surface area contributed by atoms with E-state index in [1.807, 2.05) is 24.3 Å². The number of anilines is 3. The number of benzene rings is 2. The van der Waals surface area contributed by atoms with E-state index in [2.05, 4.69) is 27.9 Å². The van der Waals surface area contributed by atoms with E-state index < -0.39 is 10.0 Å². The van der Waals surface area contributed by atoms with Gasteiger partial charge in [0, 0.05) is 9.26 Å². The molecule has 0 fully saturated rings. The lowest BCUT2D eigenvalue weighted by molar-refractivity contribution is 0.598. The Balaban J connectivity index is 2.37. The third kappa shape index (κ3) is 3.58. The van der Waals surface area contributed by atoms with E-state index >= 15 is 0 Å². The minimum absolute atomic E-state index is 0.0229. The van der Waals surface area contributed by atoms with Crippen LogP contribution in [0.2, 0.25) is 0 Å². The number of halogens is 1. The Morgan fingerprint density at radius 1 is 1.05 bits per heavy atom. The van der Waals surface area contributed by atoms with Gasteiger partial charge in [0.05, 0.1) is 16.3 Å². The summed E-state index contributed by atoms with van der Waals surface area (Å²) < 4.78 is 23.7. The highest BCUT2D eigenvalue weighted by Gasteiger charge is 2.10. The molecule has 2 aromatic rings. The minimum atomic E-state index is -3.74. The molecule has 0 unspecified atom stereocenters. The van der Waals surface area contributed by atoms with Crippen molar-refractivity contribution in [3.05, 3.63) is 46.0 Å². The highest BCUT2D eigenvalue weighted by atomic mass is 127. The highest BCUT2D eigenvalue weighted by Crippen LogP contribution is 2.26. The predicted molar refractivity (Wildman–Crippen MR) is 84.7 cm³/mol. The number of rotatable bonds is 3. The Bertz CT molecular complexity index is 699. The van der Waals surface area contributed by atoms with Crippen LogP contribution < -0.4 is 16.2 Å². The lowest BCUT2D eigenvalue weighted by atomic mass is 10.2. The van der Waals surface area contributed by atoms with Crippen LogP contribution in [0.4, 0.5) is 17.1 Å². The van der Waals surface area contributed by atoms with Crippen LogP contribution in [0, 0.1) is 3.57 Å². The molecule has 100 valence electrons. The van der Waals surface area contributed by atoms with E-state index in [1.165, 1.54) is 18.2 Å². The number of nitrogens with one attached hydrogen (secondary N) is 1. The van der Waals surface area contributed by atoms with Crippen molar-refractivity contribution >= 4 is 49.7 Å². The van der Waals surface area contributed by atoms with Crippen molar-refractivity contribution in [2.45, 2.75) is 4.90 Å². The second-order valence-corrected chi connectivity index (χ2v) is 6.73. The first kappa shape index (κ1) is 14.1. The van der Waals surface area contributed by atoms with Crippen molar-refractivity contribution in [3.63, 3.8) is 0 Å². The van der Waals surface area contributed by atoms with Crippen molar-refractivity contribution in [1.82, 2.24) is 0 Å². The summed E-state index contributed by atoms with van der Waals surface area (Å²) in [6.45, 7) is 0. The molecule has 0 bridgehead atoms. The van der Waals surface area contributed by atoms with Crippen LogP contribution in [0.25, 0.3) is 0 Å². The summed E-state index contributed by atoms with van der Waals surface area (Å²) in [7, 11) is -3.74. The molecule has 0 atom stereocenters. The van der Waals surface area contributed by atoms with Gasteiger partial charge in [-0.05, 0) is 65.1 Å². The van der Waals surface area contributed by atoms with Gasteiger partial charge in [0.2, 0.25) is 10.0 Å². The number of sulfonamides is 1. The van der Waals surface area contributed by atoms with Crippen molar-refractivity contribution in [1.29, 1.82) is 0 Å². The quantitative estimate of drug-likeness (QED) is 0.554.